The normalized spacial score (nSPS) is 12.1. The second-order valence-electron chi connectivity index (χ2n) is 13.1. The van der Waals surface area contributed by atoms with E-state index in [-0.39, 0.29) is 23.7 Å². The quantitative estimate of drug-likeness (QED) is 0.0580. The highest BCUT2D eigenvalue weighted by atomic mass is 16.5. The molecule has 1 heterocycles. The third-order valence-corrected chi connectivity index (χ3v) is 8.73. The summed E-state index contributed by atoms with van der Waals surface area (Å²) in [6, 6.07) is 15.6. The number of pyridine rings is 1. The fourth-order valence-electron chi connectivity index (χ4n) is 6.07. The molecule has 0 radical (unpaired) electrons. The number of methoxy groups -OCH3 is 1. The summed E-state index contributed by atoms with van der Waals surface area (Å²) in [4.78, 5) is 29.8. The molecule has 0 fully saturated rings. The average molecular weight is 642 g/mol. The van der Waals surface area contributed by atoms with Crippen LogP contribution in [-0.2, 0) is 28.9 Å². The van der Waals surface area contributed by atoms with Gasteiger partial charge in [0.25, 0.3) is 0 Å². The Hall–Kier alpha value is -3.97. The van der Waals surface area contributed by atoms with Gasteiger partial charge >= 0.3 is 0 Å². The highest BCUT2D eigenvalue weighted by Crippen LogP contribution is 2.32. The van der Waals surface area contributed by atoms with Crippen LogP contribution >= 0.6 is 0 Å². The Morgan fingerprint density at radius 3 is 2.45 bits per heavy atom. The number of ketones is 2. The lowest BCUT2D eigenvalue weighted by molar-refractivity contribution is -0.124. The summed E-state index contributed by atoms with van der Waals surface area (Å²) in [6.07, 6.45) is 15.3. The van der Waals surface area contributed by atoms with Gasteiger partial charge in [-0.2, -0.15) is 0 Å². The number of phenols is 1. The van der Waals surface area contributed by atoms with Crippen LogP contribution in [0.25, 0.3) is 6.08 Å². The molecule has 0 saturated carbocycles. The van der Waals surface area contributed by atoms with Crippen molar-refractivity contribution in [2.24, 2.45) is 11.8 Å². The number of carbonyl (C=O) groups is 2. The average Bonchev–Trinajstić information content (AvgIpc) is 3.04. The van der Waals surface area contributed by atoms with Gasteiger partial charge in [0.05, 0.1) is 13.5 Å². The summed E-state index contributed by atoms with van der Waals surface area (Å²) in [5, 5.41) is 13.9. The number of aromatic nitrogens is 1. The molecular formula is C40H55N3O4. The largest absolute Gasteiger partial charge is 0.504 e. The van der Waals surface area contributed by atoms with Gasteiger partial charge in [-0.05, 0) is 116 Å². The standard InChI is InChI=1S/C40H55N3O4/c1-29(2)12-11-16-31(27-42-3)15-9-6-10-17-36(44)26-37(45)21-20-32-24-39(47-4)38(46)23-34(32)22-35-28-43-40(41)25-33(35)19-18-30-13-7-5-8-14-30/h5,7-8,13-14,20-21,23-25,28-29,31,42,46H,6,9-12,15-19,22,26-27H2,1-4H3,(H2,41,43)/b21-20+/t31-/m1/s1. The Balaban J connectivity index is 1.58. The maximum absolute atomic E-state index is 12.8. The Labute approximate surface area is 282 Å². The van der Waals surface area contributed by atoms with Crippen molar-refractivity contribution in [1.82, 2.24) is 10.3 Å². The van der Waals surface area contributed by atoms with Crippen molar-refractivity contribution < 1.29 is 19.4 Å². The molecule has 0 saturated heterocycles. The number of unbranched alkanes of at least 4 members (excludes halogenated alkanes) is 2. The maximum Gasteiger partial charge on any atom is 0.163 e. The van der Waals surface area contributed by atoms with Crippen LogP contribution in [0.5, 0.6) is 11.5 Å². The highest BCUT2D eigenvalue weighted by Gasteiger charge is 2.14. The molecule has 0 aliphatic heterocycles. The Bertz CT molecular complexity index is 1430. The number of carbonyl (C=O) groups excluding carboxylic acids is 2. The number of nitrogen functional groups attached to an aromatic ring is 1. The Morgan fingerprint density at radius 1 is 0.957 bits per heavy atom. The van der Waals surface area contributed by atoms with Gasteiger partial charge in [-0.15, -0.1) is 0 Å². The SMILES string of the molecule is CNC[C@H](CCCCCC(=O)CC(=O)/C=C/c1cc(OC)c(O)cc1Cc1cnc(N)cc1CCc1ccccc1)CCCC(C)C. The molecule has 0 spiro atoms. The van der Waals surface area contributed by atoms with Gasteiger partial charge in [-0.3, -0.25) is 9.59 Å². The number of aromatic hydroxyl groups is 1. The van der Waals surface area contributed by atoms with Crippen LogP contribution in [-0.4, -0.2) is 42.4 Å². The van der Waals surface area contributed by atoms with Crippen LogP contribution in [0, 0.1) is 11.8 Å². The molecule has 1 aromatic heterocycles. The second-order valence-corrected chi connectivity index (χ2v) is 13.1. The van der Waals surface area contributed by atoms with Crippen molar-refractivity contribution in [2.75, 3.05) is 26.4 Å². The van der Waals surface area contributed by atoms with Gasteiger partial charge < -0.3 is 20.9 Å². The molecule has 7 heteroatoms. The zero-order chi connectivity index (χ0) is 34.0. The Morgan fingerprint density at radius 2 is 1.72 bits per heavy atom. The van der Waals surface area contributed by atoms with Crippen molar-refractivity contribution in [3.8, 4) is 11.5 Å². The summed E-state index contributed by atoms with van der Waals surface area (Å²) in [6.45, 7) is 5.59. The highest BCUT2D eigenvalue weighted by molar-refractivity contribution is 6.06. The molecule has 7 nitrogen and oxygen atoms in total. The number of nitrogens with zero attached hydrogens (tertiary/aromatic N) is 1. The molecule has 0 unspecified atom stereocenters. The van der Waals surface area contributed by atoms with Gasteiger partial charge in [0.1, 0.15) is 11.6 Å². The number of hydrogen-bond acceptors (Lipinski definition) is 7. The number of allylic oxidation sites excluding steroid dienone is 1. The van der Waals surface area contributed by atoms with Crippen molar-refractivity contribution in [3.05, 3.63) is 88.6 Å². The number of nitrogens with two attached hydrogens (primary N) is 1. The minimum atomic E-state index is -0.232. The molecule has 254 valence electrons. The van der Waals surface area contributed by atoms with Gasteiger partial charge in [0.15, 0.2) is 17.3 Å². The summed E-state index contributed by atoms with van der Waals surface area (Å²) < 4.78 is 5.35. The zero-order valence-corrected chi connectivity index (χ0v) is 28.9. The summed E-state index contributed by atoms with van der Waals surface area (Å²) >= 11 is 0. The van der Waals surface area contributed by atoms with E-state index in [0.717, 1.165) is 66.8 Å². The number of phenolic OH excluding ortho intramolecular Hbond substituents is 1. The minimum absolute atomic E-state index is 0.0169. The van der Waals surface area contributed by atoms with E-state index in [4.69, 9.17) is 10.5 Å². The smallest absolute Gasteiger partial charge is 0.163 e. The van der Waals surface area contributed by atoms with E-state index in [0.29, 0.717) is 30.3 Å². The van der Waals surface area contributed by atoms with Gasteiger partial charge in [-0.25, -0.2) is 4.98 Å². The molecule has 1 atom stereocenters. The predicted molar refractivity (Wildman–Crippen MR) is 193 cm³/mol. The van der Waals surface area contributed by atoms with E-state index in [1.54, 1.807) is 24.4 Å². The third kappa shape index (κ3) is 13.7. The summed E-state index contributed by atoms with van der Waals surface area (Å²) in [5.41, 5.74) is 10.9. The van der Waals surface area contributed by atoms with Gasteiger partial charge in [0, 0.05) is 12.6 Å². The minimum Gasteiger partial charge on any atom is -0.504 e. The number of rotatable bonds is 22. The number of ether oxygens (including phenoxy) is 1. The molecule has 3 aromatic rings. The van der Waals surface area contributed by atoms with Crippen LogP contribution < -0.4 is 15.8 Å². The predicted octanol–water partition coefficient (Wildman–Crippen LogP) is 7.91. The number of anilines is 1. The first-order chi connectivity index (χ1) is 22.7. The number of nitrogens with one attached hydrogen (secondary N) is 1. The van der Waals surface area contributed by atoms with E-state index >= 15 is 0 Å². The monoisotopic (exact) mass is 641 g/mol. The topological polar surface area (TPSA) is 115 Å². The fourth-order valence-corrected chi connectivity index (χ4v) is 6.07. The molecule has 3 rings (SSSR count). The first kappa shape index (κ1) is 37.5. The van der Waals surface area contributed by atoms with Crippen LogP contribution in [0.4, 0.5) is 5.82 Å². The van der Waals surface area contributed by atoms with E-state index in [2.05, 4.69) is 36.3 Å². The van der Waals surface area contributed by atoms with Crippen LogP contribution in [0.3, 0.4) is 0 Å². The molecule has 2 aromatic carbocycles. The first-order valence-corrected chi connectivity index (χ1v) is 17.2. The maximum atomic E-state index is 12.8. The van der Waals surface area contributed by atoms with E-state index in [1.807, 2.05) is 31.3 Å². The Kier molecular flexibility index (Phi) is 16.2. The van der Waals surface area contributed by atoms with E-state index < -0.39 is 0 Å². The molecule has 0 amide bonds. The van der Waals surface area contributed by atoms with Crippen molar-refractivity contribution in [2.45, 2.75) is 90.9 Å². The van der Waals surface area contributed by atoms with Crippen molar-refractivity contribution >= 4 is 23.5 Å². The van der Waals surface area contributed by atoms with Crippen molar-refractivity contribution in [1.29, 1.82) is 0 Å². The number of Topliss-reactive ketones (excluding diaryl/α,β-unsaturated/α-hetero) is 1. The van der Waals surface area contributed by atoms with Crippen LogP contribution in [0.2, 0.25) is 0 Å². The molecule has 47 heavy (non-hydrogen) atoms. The number of hydrogen-bond donors (Lipinski definition) is 3. The van der Waals surface area contributed by atoms with Crippen molar-refractivity contribution in [3.63, 3.8) is 0 Å². The third-order valence-electron chi connectivity index (χ3n) is 8.73. The van der Waals surface area contributed by atoms with E-state index in [1.165, 1.54) is 44.4 Å². The van der Waals surface area contributed by atoms with Gasteiger partial charge in [-0.1, -0.05) is 75.9 Å². The van der Waals surface area contributed by atoms with Crippen LogP contribution in [0.1, 0.15) is 99.5 Å². The fraction of sp³-hybridized carbons (Fsp3) is 0.475. The molecule has 0 bridgehead atoms. The second kappa shape index (κ2) is 20.3. The molecular weight excluding hydrogens is 586 g/mol. The molecule has 0 aliphatic rings. The lowest BCUT2D eigenvalue weighted by Crippen LogP contribution is -2.19. The molecule has 0 aliphatic carbocycles. The lowest BCUT2D eigenvalue weighted by Gasteiger charge is -2.17. The first-order valence-electron chi connectivity index (χ1n) is 17.2. The number of benzene rings is 2. The zero-order valence-electron chi connectivity index (χ0n) is 28.9. The molecule has 4 N–H and O–H groups in total. The van der Waals surface area contributed by atoms with Gasteiger partial charge in [0.2, 0.25) is 0 Å². The lowest BCUT2D eigenvalue weighted by atomic mass is 9.93. The number of aryl methyl sites for hydroxylation is 2. The summed E-state index contributed by atoms with van der Waals surface area (Å²) in [5.74, 6) is 1.96. The van der Waals surface area contributed by atoms with E-state index in [9.17, 15) is 14.7 Å². The van der Waals surface area contributed by atoms with Crippen LogP contribution in [0.15, 0.2) is 60.8 Å². The summed E-state index contributed by atoms with van der Waals surface area (Å²) in [7, 11) is 3.51.